The molecule has 0 bridgehead atoms. The van der Waals surface area contributed by atoms with Crippen LogP contribution in [0, 0.1) is 5.82 Å². The van der Waals surface area contributed by atoms with Crippen molar-refractivity contribution >= 4 is 5.91 Å². The van der Waals surface area contributed by atoms with Gasteiger partial charge in [-0.15, -0.1) is 0 Å². The van der Waals surface area contributed by atoms with Crippen LogP contribution >= 0.6 is 0 Å². The number of nitrogens with zero attached hydrogens (tertiary/aromatic N) is 3. The van der Waals surface area contributed by atoms with Gasteiger partial charge in [-0.05, 0) is 42.7 Å². The molecule has 0 unspecified atom stereocenters. The van der Waals surface area contributed by atoms with E-state index in [4.69, 9.17) is 4.52 Å². The molecule has 27 heavy (non-hydrogen) atoms. The number of hydrogen-bond acceptors (Lipinski definition) is 4. The smallest absolute Gasteiger partial charge is 0.227 e. The number of amides is 1. The molecule has 1 fully saturated rings. The zero-order valence-corrected chi connectivity index (χ0v) is 14.8. The molecule has 1 aliphatic rings. The van der Waals surface area contributed by atoms with Crippen molar-refractivity contribution in [1.29, 1.82) is 0 Å². The summed E-state index contributed by atoms with van der Waals surface area (Å²) >= 11 is 0. The summed E-state index contributed by atoms with van der Waals surface area (Å²) in [5, 5.41) is 3.92. The molecule has 4 rings (SSSR count). The molecule has 5 nitrogen and oxygen atoms in total. The largest absolute Gasteiger partial charge is 0.339 e. The Balaban J connectivity index is 1.39. The predicted molar refractivity (Wildman–Crippen MR) is 98.1 cm³/mol. The predicted octanol–water partition coefficient (Wildman–Crippen LogP) is 4.17. The molecular weight excluding hydrogens is 345 g/mol. The second-order valence-electron chi connectivity index (χ2n) is 6.67. The van der Waals surface area contributed by atoms with E-state index in [1.54, 1.807) is 12.1 Å². The highest BCUT2D eigenvalue weighted by atomic mass is 19.1. The van der Waals surface area contributed by atoms with Gasteiger partial charge in [0.15, 0.2) is 0 Å². The summed E-state index contributed by atoms with van der Waals surface area (Å²) in [6.07, 6.45) is 2.73. The fraction of sp³-hybridized carbons (Fsp3) is 0.286. The van der Waals surface area contributed by atoms with E-state index in [2.05, 4.69) is 22.3 Å². The summed E-state index contributed by atoms with van der Waals surface area (Å²) in [4.78, 5) is 19.0. The van der Waals surface area contributed by atoms with E-state index in [0.717, 1.165) is 19.4 Å². The first kappa shape index (κ1) is 17.4. The topological polar surface area (TPSA) is 59.2 Å². The second kappa shape index (κ2) is 7.70. The Bertz CT molecular complexity index is 909. The monoisotopic (exact) mass is 365 g/mol. The maximum atomic E-state index is 13.0. The maximum Gasteiger partial charge on any atom is 0.227 e. The molecule has 138 valence electrons. The number of aryl methyl sites for hydroxylation is 1. The molecule has 1 aromatic heterocycles. The Morgan fingerprint density at radius 1 is 1.15 bits per heavy atom. The first-order valence-electron chi connectivity index (χ1n) is 9.13. The number of hydrogen-bond donors (Lipinski definition) is 0. The molecule has 1 amide bonds. The quantitative estimate of drug-likeness (QED) is 0.681. The molecule has 0 spiro atoms. The van der Waals surface area contributed by atoms with Crippen molar-refractivity contribution in [2.75, 3.05) is 6.54 Å². The SMILES string of the molecule is O=C(CCc1nc(-c2ccc(F)cc2)no1)N1CCC[C@@H]1c1ccccc1. The molecule has 1 saturated heterocycles. The Morgan fingerprint density at radius 2 is 1.93 bits per heavy atom. The van der Waals surface area contributed by atoms with Gasteiger partial charge in [0.25, 0.3) is 0 Å². The first-order valence-corrected chi connectivity index (χ1v) is 9.13. The molecule has 3 aromatic rings. The Kier molecular flexibility index (Phi) is 4.96. The third-order valence-corrected chi connectivity index (χ3v) is 4.88. The van der Waals surface area contributed by atoms with Gasteiger partial charge in [-0.2, -0.15) is 4.98 Å². The number of carbonyl (C=O) groups excluding carboxylic acids is 1. The molecule has 0 aliphatic carbocycles. The fourth-order valence-corrected chi connectivity index (χ4v) is 3.52. The van der Waals surface area contributed by atoms with Crippen molar-refractivity contribution in [3.8, 4) is 11.4 Å². The minimum atomic E-state index is -0.313. The minimum absolute atomic E-state index is 0.0999. The lowest BCUT2D eigenvalue weighted by atomic mass is 10.0. The summed E-state index contributed by atoms with van der Waals surface area (Å²) in [7, 11) is 0. The van der Waals surface area contributed by atoms with E-state index in [0.29, 0.717) is 30.1 Å². The van der Waals surface area contributed by atoms with Gasteiger partial charge in [0.2, 0.25) is 17.6 Å². The van der Waals surface area contributed by atoms with Crippen LogP contribution in [-0.4, -0.2) is 27.5 Å². The normalized spacial score (nSPS) is 16.6. The van der Waals surface area contributed by atoms with Crippen molar-refractivity contribution in [3.05, 3.63) is 71.9 Å². The van der Waals surface area contributed by atoms with Gasteiger partial charge in [0.05, 0.1) is 6.04 Å². The average Bonchev–Trinajstić information content (AvgIpc) is 3.37. The number of likely N-dealkylation sites (tertiary alicyclic amines) is 1. The van der Waals surface area contributed by atoms with Gasteiger partial charge in [0.1, 0.15) is 5.82 Å². The Labute approximate surface area is 156 Å². The molecule has 1 atom stereocenters. The number of aromatic nitrogens is 2. The van der Waals surface area contributed by atoms with E-state index in [9.17, 15) is 9.18 Å². The van der Waals surface area contributed by atoms with Crippen molar-refractivity contribution in [3.63, 3.8) is 0 Å². The van der Waals surface area contributed by atoms with Crippen LogP contribution in [0.4, 0.5) is 4.39 Å². The van der Waals surface area contributed by atoms with Crippen LogP contribution in [0.5, 0.6) is 0 Å². The van der Waals surface area contributed by atoms with Gasteiger partial charge in [-0.25, -0.2) is 4.39 Å². The van der Waals surface area contributed by atoms with E-state index >= 15 is 0 Å². The summed E-state index contributed by atoms with van der Waals surface area (Å²) < 4.78 is 18.3. The van der Waals surface area contributed by atoms with E-state index in [1.165, 1.54) is 17.7 Å². The second-order valence-corrected chi connectivity index (χ2v) is 6.67. The van der Waals surface area contributed by atoms with Crippen LogP contribution in [0.25, 0.3) is 11.4 Å². The lowest BCUT2D eigenvalue weighted by Crippen LogP contribution is -2.30. The van der Waals surface area contributed by atoms with Gasteiger partial charge in [-0.3, -0.25) is 4.79 Å². The standard InChI is InChI=1S/C21H20FN3O2/c22-17-10-8-16(9-11-17)21-23-19(27-24-21)12-13-20(26)25-14-4-7-18(25)15-5-2-1-3-6-15/h1-3,5-6,8-11,18H,4,7,12-14H2/t18-/m1/s1. The number of halogens is 1. The van der Waals surface area contributed by atoms with Gasteiger partial charge in [0, 0.05) is 24.9 Å². The molecular formula is C21H20FN3O2. The lowest BCUT2D eigenvalue weighted by Gasteiger charge is -2.25. The lowest BCUT2D eigenvalue weighted by molar-refractivity contribution is -0.132. The molecule has 2 aromatic carbocycles. The number of rotatable bonds is 5. The summed E-state index contributed by atoms with van der Waals surface area (Å²) in [5.74, 6) is 0.605. The highest BCUT2D eigenvalue weighted by Crippen LogP contribution is 2.32. The molecule has 1 aliphatic heterocycles. The van der Waals surface area contributed by atoms with Crippen LogP contribution in [0.3, 0.4) is 0 Å². The minimum Gasteiger partial charge on any atom is -0.339 e. The van der Waals surface area contributed by atoms with Crippen molar-refractivity contribution < 1.29 is 13.7 Å². The van der Waals surface area contributed by atoms with Crippen LogP contribution in [0.2, 0.25) is 0 Å². The Morgan fingerprint density at radius 3 is 2.70 bits per heavy atom. The number of carbonyl (C=O) groups is 1. The summed E-state index contributed by atoms with van der Waals surface area (Å²) in [6, 6.07) is 16.2. The molecule has 2 heterocycles. The maximum absolute atomic E-state index is 13.0. The van der Waals surface area contributed by atoms with Crippen LogP contribution in [0.15, 0.2) is 59.1 Å². The third-order valence-electron chi connectivity index (χ3n) is 4.88. The van der Waals surface area contributed by atoms with Gasteiger partial charge < -0.3 is 9.42 Å². The highest BCUT2D eigenvalue weighted by molar-refractivity contribution is 5.77. The van der Waals surface area contributed by atoms with E-state index in [1.807, 2.05) is 23.1 Å². The average molecular weight is 365 g/mol. The van der Waals surface area contributed by atoms with Crippen LogP contribution in [-0.2, 0) is 11.2 Å². The molecule has 0 radical (unpaired) electrons. The van der Waals surface area contributed by atoms with E-state index < -0.39 is 0 Å². The third kappa shape index (κ3) is 3.89. The van der Waals surface area contributed by atoms with Gasteiger partial charge >= 0.3 is 0 Å². The summed E-state index contributed by atoms with van der Waals surface area (Å²) in [6.45, 7) is 0.781. The number of benzene rings is 2. The van der Waals surface area contributed by atoms with Gasteiger partial charge in [-0.1, -0.05) is 35.5 Å². The van der Waals surface area contributed by atoms with E-state index in [-0.39, 0.29) is 17.8 Å². The zero-order valence-electron chi connectivity index (χ0n) is 14.8. The fourth-order valence-electron chi connectivity index (χ4n) is 3.52. The highest BCUT2D eigenvalue weighted by Gasteiger charge is 2.29. The van der Waals surface area contributed by atoms with Crippen molar-refractivity contribution in [2.24, 2.45) is 0 Å². The Hall–Kier alpha value is -3.02. The molecule has 0 N–H and O–H groups in total. The van der Waals surface area contributed by atoms with Crippen molar-refractivity contribution in [1.82, 2.24) is 15.0 Å². The zero-order chi connectivity index (χ0) is 18.6. The van der Waals surface area contributed by atoms with Crippen molar-refractivity contribution in [2.45, 2.75) is 31.7 Å². The van der Waals surface area contributed by atoms with Crippen LogP contribution < -0.4 is 0 Å². The first-order chi connectivity index (χ1) is 13.2. The molecule has 6 heteroatoms. The van der Waals surface area contributed by atoms with Crippen LogP contribution in [0.1, 0.15) is 36.8 Å². The summed E-state index contributed by atoms with van der Waals surface area (Å²) in [5.41, 5.74) is 1.86. The molecule has 0 saturated carbocycles.